The van der Waals surface area contributed by atoms with E-state index in [2.05, 4.69) is 0 Å². The molecule has 0 bridgehead atoms. The fraction of sp³-hybridized carbons (Fsp3) is 0.0769. The predicted molar refractivity (Wildman–Crippen MR) is 69.8 cm³/mol. The van der Waals surface area contributed by atoms with Gasteiger partial charge < -0.3 is 9.67 Å². The smallest absolute Gasteiger partial charge is 0.341 e. The van der Waals surface area contributed by atoms with Gasteiger partial charge >= 0.3 is 11.7 Å². The van der Waals surface area contributed by atoms with Crippen LogP contribution < -0.4 is 5.56 Å². The Hall–Kier alpha value is -3.03. The average molecular weight is 292 g/mol. The first-order chi connectivity index (χ1) is 9.91. The summed E-state index contributed by atoms with van der Waals surface area (Å²) in [5.41, 5.74) is -2.04. The molecule has 1 N–H and O–H groups in total. The van der Waals surface area contributed by atoms with Gasteiger partial charge in [0.1, 0.15) is 5.56 Å². The van der Waals surface area contributed by atoms with E-state index in [0.717, 1.165) is 16.7 Å². The Kier molecular flexibility index (Phi) is 3.79. The zero-order valence-corrected chi connectivity index (χ0v) is 10.5. The molecule has 0 aliphatic heterocycles. The van der Waals surface area contributed by atoms with Gasteiger partial charge in [0.2, 0.25) is 5.82 Å². The second-order valence-electron chi connectivity index (χ2n) is 4.17. The SMILES string of the molecule is O=C(O)c1cccn(Cc2cccc([N+](=O)[O-])c2F)c1=O. The number of nitrogens with zero attached hydrogens (tertiary/aromatic N) is 2. The van der Waals surface area contributed by atoms with Gasteiger partial charge in [-0.3, -0.25) is 14.9 Å². The van der Waals surface area contributed by atoms with Crippen molar-refractivity contribution in [2.24, 2.45) is 0 Å². The largest absolute Gasteiger partial charge is 0.477 e. The number of hydrogen-bond donors (Lipinski definition) is 1. The van der Waals surface area contributed by atoms with E-state index in [1.807, 2.05) is 0 Å². The number of benzene rings is 1. The Labute approximate surface area is 117 Å². The number of nitro benzene ring substituents is 1. The third kappa shape index (κ3) is 2.78. The van der Waals surface area contributed by atoms with Gasteiger partial charge in [0.05, 0.1) is 11.5 Å². The van der Waals surface area contributed by atoms with Gasteiger partial charge in [0.25, 0.3) is 5.56 Å². The molecule has 0 saturated carbocycles. The van der Waals surface area contributed by atoms with Crippen LogP contribution in [0.4, 0.5) is 10.1 Å². The number of halogens is 1. The molecule has 7 nitrogen and oxygen atoms in total. The second kappa shape index (κ2) is 5.53. The second-order valence-corrected chi connectivity index (χ2v) is 4.17. The molecule has 0 radical (unpaired) electrons. The van der Waals surface area contributed by atoms with Crippen molar-refractivity contribution < 1.29 is 19.2 Å². The molecule has 21 heavy (non-hydrogen) atoms. The Morgan fingerprint density at radius 3 is 2.67 bits per heavy atom. The molecule has 1 aromatic carbocycles. The van der Waals surface area contributed by atoms with E-state index in [-0.39, 0.29) is 12.1 Å². The van der Waals surface area contributed by atoms with Gasteiger partial charge in [0, 0.05) is 17.8 Å². The summed E-state index contributed by atoms with van der Waals surface area (Å²) in [6.07, 6.45) is 1.28. The molecule has 0 spiro atoms. The van der Waals surface area contributed by atoms with Crippen LogP contribution in [0.5, 0.6) is 0 Å². The fourth-order valence-corrected chi connectivity index (χ4v) is 1.84. The molecule has 108 valence electrons. The summed E-state index contributed by atoms with van der Waals surface area (Å²) >= 11 is 0. The van der Waals surface area contributed by atoms with Crippen LogP contribution in [0.1, 0.15) is 15.9 Å². The summed E-state index contributed by atoms with van der Waals surface area (Å²) in [4.78, 5) is 32.5. The molecule has 0 aliphatic carbocycles. The maximum absolute atomic E-state index is 13.9. The van der Waals surface area contributed by atoms with E-state index in [1.54, 1.807) is 0 Å². The minimum atomic E-state index is -1.39. The van der Waals surface area contributed by atoms with E-state index in [9.17, 15) is 24.1 Å². The molecule has 8 heteroatoms. The predicted octanol–water partition coefficient (Wildman–Crippen LogP) is 1.64. The molecule has 0 unspecified atom stereocenters. The summed E-state index contributed by atoms with van der Waals surface area (Å²) < 4.78 is 14.9. The molecular weight excluding hydrogens is 283 g/mol. The lowest BCUT2D eigenvalue weighted by molar-refractivity contribution is -0.387. The van der Waals surface area contributed by atoms with E-state index in [0.29, 0.717) is 0 Å². The topological polar surface area (TPSA) is 102 Å². The molecule has 1 heterocycles. The number of carboxylic acid groups (broad SMARTS) is 1. The normalized spacial score (nSPS) is 10.3. The third-order valence-corrected chi connectivity index (χ3v) is 2.85. The van der Waals surface area contributed by atoms with Crippen molar-refractivity contribution in [3.05, 3.63) is 73.9 Å². The van der Waals surface area contributed by atoms with Gasteiger partial charge in [-0.15, -0.1) is 0 Å². The molecule has 0 amide bonds. The van der Waals surface area contributed by atoms with Crippen LogP contribution in [0.2, 0.25) is 0 Å². The number of hydrogen-bond acceptors (Lipinski definition) is 4. The maximum atomic E-state index is 13.9. The van der Waals surface area contributed by atoms with E-state index >= 15 is 0 Å². The van der Waals surface area contributed by atoms with Crippen LogP contribution in [-0.2, 0) is 6.54 Å². The summed E-state index contributed by atoms with van der Waals surface area (Å²) in [6, 6.07) is 6.06. The van der Waals surface area contributed by atoms with E-state index in [4.69, 9.17) is 5.11 Å². The van der Waals surface area contributed by atoms with Crippen LogP contribution in [0.15, 0.2) is 41.3 Å². The van der Waals surface area contributed by atoms with Crippen LogP contribution >= 0.6 is 0 Å². The highest BCUT2D eigenvalue weighted by Gasteiger charge is 2.18. The lowest BCUT2D eigenvalue weighted by Crippen LogP contribution is -2.26. The molecule has 2 aromatic rings. The first kappa shape index (κ1) is 14.4. The number of aromatic carboxylic acids is 1. The van der Waals surface area contributed by atoms with Crippen LogP contribution in [-0.4, -0.2) is 20.6 Å². The molecular formula is C13H9FN2O5. The minimum Gasteiger partial charge on any atom is -0.477 e. The van der Waals surface area contributed by atoms with E-state index < -0.39 is 33.5 Å². The van der Waals surface area contributed by atoms with Crippen molar-refractivity contribution in [1.29, 1.82) is 0 Å². The zero-order valence-electron chi connectivity index (χ0n) is 10.5. The average Bonchev–Trinajstić information content (AvgIpc) is 2.42. The van der Waals surface area contributed by atoms with Gasteiger partial charge in [-0.2, -0.15) is 4.39 Å². The molecule has 0 aliphatic rings. The first-order valence-electron chi connectivity index (χ1n) is 5.76. The van der Waals surface area contributed by atoms with Gasteiger partial charge in [0.15, 0.2) is 0 Å². The Morgan fingerprint density at radius 1 is 1.33 bits per heavy atom. The Bertz CT molecular complexity index is 784. The highest BCUT2D eigenvalue weighted by atomic mass is 19.1. The van der Waals surface area contributed by atoms with Crippen molar-refractivity contribution in [1.82, 2.24) is 4.57 Å². The number of pyridine rings is 1. The summed E-state index contributed by atoms with van der Waals surface area (Å²) in [5.74, 6) is -2.44. The van der Waals surface area contributed by atoms with Gasteiger partial charge in [-0.05, 0) is 12.1 Å². The summed E-state index contributed by atoms with van der Waals surface area (Å²) in [5, 5.41) is 19.5. The Morgan fingerprint density at radius 2 is 2.05 bits per heavy atom. The van der Waals surface area contributed by atoms with E-state index in [1.165, 1.54) is 24.4 Å². The van der Waals surface area contributed by atoms with Gasteiger partial charge in [-0.25, -0.2) is 4.79 Å². The van der Waals surface area contributed by atoms with Crippen LogP contribution in [0.3, 0.4) is 0 Å². The standard InChI is InChI=1S/C13H9FN2O5/c14-11-8(3-1-5-10(11)16(20)21)7-15-6-2-4-9(12(15)17)13(18)19/h1-6H,7H2,(H,18,19). The van der Waals surface area contributed by atoms with Gasteiger partial charge in [-0.1, -0.05) is 12.1 Å². The van der Waals surface area contributed by atoms with Crippen LogP contribution in [0.25, 0.3) is 0 Å². The number of carbonyl (C=O) groups is 1. The highest BCUT2D eigenvalue weighted by molar-refractivity contribution is 5.86. The number of nitro groups is 1. The number of rotatable bonds is 4. The van der Waals surface area contributed by atoms with Crippen molar-refractivity contribution in [2.75, 3.05) is 0 Å². The number of carboxylic acids is 1. The molecule has 0 fully saturated rings. The Balaban J connectivity index is 2.47. The van der Waals surface area contributed by atoms with Crippen molar-refractivity contribution in [3.8, 4) is 0 Å². The monoisotopic (exact) mass is 292 g/mol. The molecule has 0 atom stereocenters. The van der Waals surface area contributed by atoms with Crippen molar-refractivity contribution >= 4 is 11.7 Å². The van der Waals surface area contributed by atoms with Crippen molar-refractivity contribution in [2.45, 2.75) is 6.54 Å². The lowest BCUT2D eigenvalue weighted by atomic mass is 10.1. The fourth-order valence-electron chi connectivity index (χ4n) is 1.84. The summed E-state index contributed by atoms with van der Waals surface area (Å²) in [6.45, 7) is -0.298. The zero-order chi connectivity index (χ0) is 15.6. The van der Waals surface area contributed by atoms with Crippen LogP contribution in [0, 0.1) is 15.9 Å². The quantitative estimate of drug-likeness (QED) is 0.681. The maximum Gasteiger partial charge on any atom is 0.341 e. The first-order valence-corrected chi connectivity index (χ1v) is 5.76. The lowest BCUT2D eigenvalue weighted by Gasteiger charge is -2.07. The summed E-state index contributed by atoms with van der Waals surface area (Å²) in [7, 11) is 0. The highest BCUT2D eigenvalue weighted by Crippen LogP contribution is 2.20. The molecule has 2 rings (SSSR count). The third-order valence-electron chi connectivity index (χ3n) is 2.85. The molecule has 0 saturated heterocycles. The number of aromatic nitrogens is 1. The molecule has 1 aromatic heterocycles. The van der Waals surface area contributed by atoms with Crippen molar-refractivity contribution in [3.63, 3.8) is 0 Å². The minimum absolute atomic E-state index is 0.0751.